The molecule has 0 saturated carbocycles. The SMILES string of the molecule is CC(C)(O)C(C)(C)OB(O)CCCCCc1conn1. The normalized spacial score (nSPS) is 12.7. The zero-order chi connectivity index (χ0) is 15.2. The van der Waals surface area contributed by atoms with Gasteiger partial charge in [-0.15, -0.1) is 5.10 Å². The molecule has 0 saturated heterocycles. The number of aryl methyl sites for hydroxylation is 1. The zero-order valence-corrected chi connectivity index (χ0v) is 12.8. The van der Waals surface area contributed by atoms with Gasteiger partial charge >= 0.3 is 7.12 Å². The Labute approximate surface area is 120 Å². The van der Waals surface area contributed by atoms with Gasteiger partial charge in [0.25, 0.3) is 0 Å². The molecule has 1 aromatic rings. The zero-order valence-electron chi connectivity index (χ0n) is 12.8. The van der Waals surface area contributed by atoms with Crippen LogP contribution in [0, 0.1) is 0 Å². The van der Waals surface area contributed by atoms with Crippen molar-refractivity contribution < 1.29 is 19.3 Å². The average molecular weight is 284 g/mol. The lowest BCUT2D eigenvalue weighted by Crippen LogP contribution is -2.50. The molecule has 0 spiro atoms. The number of aliphatic hydroxyl groups is 1. The highest BCUT2D eigenvalue weighted by Crippen LogP contribution is 2.26. The van der Waals surface area contributed by atoms with Crippen molar-refractivity contribution in [2.75, 3.05) is 0 Å². The Morgan fingerprint density at radius 2 is 1.95 bits per heavy atom. The lowest BCUT2D eigenvalue weighted by Gasteiger charge is -2.38. The molecule has 0 aliphatic heterocycles. The van der Waals surface area contributed by atoms with E-state index >= 15 is 0 Å². The smallest absolute Gasteiger partial charge is 0.427 e. The third-order valence-corrected chi connectivity index (χ3v) is 3.69. The standard InChI is InChI=1S/C13H25BN2O4/c1-12(2,17)13(3,4)20-14(18)9-7-5-6-8-11-10-19-16-15-11/h10,17-18H,5-9H2,1-4H3. The molecule has 114 valence electrons. The second-order valence-corrected chi connectivity index (χ2v) is 6.14. The number of hydrogen-bond donors (Lipinski definition) is 2. The van der Waals surface area contributed by atoms with Crippen LogP contribution in [0.2, 0.25) is 6.32 Å². The fraction of sp³-hybridized carbons (Fsp3) is 0.846. The lowest BCUT2D eigenvalue weighted by molar-refractivity contribution is -0.1000. The van der Waals surface area contributed by atoms with Crippen LogP contribution in [0.1, 0.15) is 52.7 Å². The van der Waals surface area contributed by atoms with Gasteiger partial charge in [-0.05, 0) is 46.9 Å². The molecule has 0 atom stereocenters. The van der Waals surface area contributed by atoms with E-state index in [1.807, 2.05) is 0 Å². The first-order valence-corrected chi connectivity index (χ1v) is 7.06. The Hall–Kier alpha value is -0.915. The van der Waals surface area contributed by atoms with E-state index in [4.69, 9.17) is 4.65 Å². The Morgan fingerprint density at radius 3 is 2.50 bits per heavy atom. The molecule has 0 aromatic carbocycles. The fourth-order valence-corrected chi connectivity index (χ4v) is 1.64. The molecule has 1 rings (SSSR count). The van der Waals surface area contributed by atoms with Gasteiger partial charge in [0.15, 0.2) is 0 Å². The second-order valence-electron chi connectivity index (χ2n) is 6.14. The van der Waals surface area contributed by atoms with E-state index in [2.05, 4.69) is 14.9 Å². The summed E-state index contributed by atoms with van der Waals surface area (Å²) < 4.78 is 10.2. The summed E-state index contributed by atoms with van der Waals surface area (Å²) in [5, 5.41) is 27.0. The molecule has 7 heteroatoms. The van der Waals surface area contributed by atoms with E-state index in [0.717, 1.165) is 31.4 Å². The van der Waals surface area contributed by atoms with Crippen molar-refractivity contribution in [1.29, 1.82) is 0 Å². The Balaban J connectivity index is 2.15. The van der Waals surface area contributed by atoms with E-state index < -0.39 is 18.3 Å². The molecule has 0 aliphatic carbocycles. The molecule has 2 N–H and O–H groups in total. The van der Waals surface area contributed by atoms with Crippen LogP contribution in [-0.4, -0.2) is 38.8 Å². The molecule has 0 fully saturated rings. The summed E-state index contributed by atoms with van der Waals surface area (Å²) in [5.41, 5.74) is -0.947. The molecule has 0 aliphatic rings. The maximum absolute atomic E-state index is 9.95. The highest BCUT2D eigenvalue weighted by molar-refractivity contribution is 6.42. The van der Waals surface area contributed by atoms with Crippen LogP contribution in [0.5, 0.6) is 0 Å². The van der Waals surface area contributed by atoms with E-state index in [1.54, 1.807) is 34.0 Å². The number of nitrogens with zero attached hydrogens (tertiary/aromatic N) is 2. The van der Waals surface area contributed by atoms with Crippen molar-refractivity contribution in [3.63, 3.8) is 0 Å². The monoisotopic (exact) mass is 284 g/mol. The van der Waals surface area contributed by atoms with E-state index in [9.17, 15) is 10.1 Å². The van der Waals surface area contributed by atoms with Crippen LogP contribution in [-0.2, 0) is 11.1 Å². The minimum absolute atomic E-state index is 0.552. The average Bonchev–Trinajstić information content (AvgIpc) is 2.79. The van der Waals surface area contributed by atoms with Crippen molar-refractivity contribution in [2.24, 2.45) is 0 Å². The van der Waals surface area contributed by atoms with E-state index in [1.165, 1.54) is 0 Å². The highest BCUT2D eigenvalue weighted by Gasteiger charge is 2.38. The molecule has 0 unspecified atom stereocenters. The third kappa shape index (κ3) is 5.60. The van der Waals surface area contributed by atoms with Gasteiger partial charge in [-0.3, -0.25) is 0 Å². The maximum Gasteiger partial charge on any atom is 0.454 e. The van der Waals surface area contributed by atoms with Crippen molar-refractivity contribution in [2.45, 2.75) is 70.9 Å². The van der Waals surface area contributed by atoms with Crippen molar-refractivity contribution >= 4 is 7.12 Å². The quantitative estimate of drug-likeness (QED) is 0.531. The molecule has 0 bridgehead atoms. The van der Waals surface area contributed by atoms with Crippen LogP contribution < -0.4 is 0 Å². The largest absolute Gasteiger partial charge is 0.454 e. The summed E-state index contributed by atoms with van der Waals surface area (Å²) >= 11 is 0. The van der Waals surface area contributed by atoms with Gasteiger partial charge in [-0.2, -0.15) is 0 Å². The summed E-state index contributed by atoms with van der Waals surface area (Å²) in [6.07, 6.45) is 5.72. The van der Waals surface area contributed by atoms with Crippen LogP contribution in [0.4, 0.5) is 0 Å². The van der Waals surface area contributed by atoms with Crippen molar-refractivity contribution in [3.05, 3.63) is 12.0 Å². The van der Waals surface area contributed by atoms with Crippen molar-refractivity contribution in [1.82, 2.24) is 10.4 Å². The molecular formula is C13H25BN2O4. The minimum atomic E-state index is -1.01. The van der Waals surface area contributed by atoms with E-state index in [-0.39, 0.29) is 0 Å². The molecule has 0 radical (unpaired) electrons. The molecule has 1 heterocycles. The number of aromatic nitrogens is 2. The fourth-order valence-electron chi connectivity index (χ4n) is 1.64. The molecule has 20 heavy (non-hydrogen) atoms. The third-order valence-electron chi connectivity index (χ3n) is 3.69. The van der Waals surface area contributed by atoms with Crippen LogP contribution >= 0.6 is 0 Å². The van der Waals surface area contributed by atoms with E-state index in [0.29, 0.717) is 6.32 Å². The summed E-state index contributed by atoms with van der Waals surface area (Å²) in [7, 11) is -0.856. The summed E-state index contributed by atoms with van der Waals surface area (Å²) in [6.45, 7) is 6.89. The number of rotatable bonds is 9. The minimum Gasteiger partial charge on any atom is -0.427 e. The first kappa shape index (κ1) is 17.1. The van der Waals surface area contributed by atoms with Gasteiger partial charge < -0.3 is 19.3 Å². The first-order chi connectivity index (χ1) is 9.22. The number of hydrogen-bond acceptors (Lipinski definition) is 6. The van der Waals surface area contributed by atoms with Gasteiger partial charge in [0.1, 0.15) is 12.0 Å². The molecule has 1 aromatic heterocycles. The Kier molecular flexibility index (Phi) is 6.17. The van der Waals surface area contributed by atoms with Gasteiger partial charge in [-0.1, -0.05) is 12.8 Å². The Bertz CT molecular complexity index is 376. The predicted octanol–water partition coefficient (Wildman–Crippen LogP) is 1.83. The van der Waals surface area contributed by atoms with Gasteiger partial charge in [0, 0.05) is 5.27 Å². The van der Waals surface area contributed by atoms with Crippen molar-refractivity contribution in [3.8, 4) is 0 Å². The van der Waals surface area contributed by atoms with Crippen LogP contribution in [0.3, 0.4) is 0 Å². The number of unbranched alkanes of at least 4 members (excludes halogenated alkanes) is 2. The predicted molar refractivity (Wildman–Crippen MR) is 76.1 cm³/mol. The summed E-state index contributed by atoms with van der Waals surface area (Å²) in [5.74, 6) is 0. The van der Waals surface area contributed by atoms with Crippen LogP contribution in [0.25, 0.3) is 0 Å². The Morgan fingerprint density at radius 1 is 1.25 bits per heavy atom. The van der Waals surface area contributed by atoms with Gasteiger partial charge in [0.05, 0.1) is 11.2 Å². The highest BCUT2D eigenvalue weighted by atomic mass is 16.5. The topological polar surface area (TPSA) is 88.6 Å². The summed E-state index contributed by atoms with van der Waals surface area (Å²) in [4.78, 5) is 0. The van der Waals surface area contributed by atoms with Crippen LogP contribution in [0.15, 0.2) is 10.8 Å². The molecule has 0 amide bonds. The molecular weight excluding hydrogens is 259 g/mol. The lowest BCUT2D eigenvalue weighted by atomic mass is 9.78. The van der Waals surface area contributed by atoms with Gasteiger partial charge in [0.2, 0.25) is 0 Å². The molecule has 6 nitrogen and oxygen atoms in total. The second kappa shape index (κ2) is 7.20. The first-order valence-electron chi connectivity index (χ1n) is 7.06. The maximum atomic E-state index is 9.95. The summed E-state index contributed by atoms with van der Waals surface area (Å²) in [6, 6.07) is 0. The van der Waals surface area contributed by atoms with Gasteiger partial charge in [-0.25, -0.2) is 0 Å².